The Morgan fingerprint density at radius 2 is 1.48 bits per heavy atom. The molecule has 0 spiro atoms. The van der Waals surface area contributed by atoms with Crippen molar-refractivity contribution in [3.63, 3.8) is 0 Å². The molecule has 2 fully saturated rings. The zero-order chi connectivity index (χ0) is 17.7. The van der Waals surface area contributed by atoms with Gasteiger partial charge in [-0.1, -0.05) is 38.5 Å². The molecule has 0 radical (unpaired) electrons. The minimum absolute atomic E-state index is 0.251. The van der Waals surface area contributed by atoms with Crippen LogP contribution in [0.4, 0.5) is 0 Å². The van der Waals surface area contributed by atoms with E-state index in [0.29, 0.717) is 31.8 Å². The smallest absolute Gasteiger partial charge is 0.154 e. The minimum atomic E-state index is -0.457. The summed E-state index contributed by atoms with van der Waals surface area (Å²) >= 11 is 0. The van der Waals surface area contributed by atoms with Crippen molar-refractivity contribution >= 4 is 0 Å². The van der Waals surface area contributed by atoms with E-state index >= 15 is 0 Å². The van der Waals surface area contributed by atoms with Crippen molar-refractivity contribution in [1.82, 2.24) is 10.6 Å². The van der Waals surface area contributed by atoms with E-state index in [1.165, 1.54) is 64.2 Å². The Bertz CT molecular complexity index is 318. The lowest BCUT2D eigenvalue weighted by Gasteiger charge is -2.25. The van der Waals surface area contributed by atoms with Gasteiger partial charge in [0, 0.05) is 18.6 Å². The molecule has 148 valence electrons. The zero-order valence-corrected chi connectivity index (χ0v) is 16.2. The van der Waals surface area contributed by atoms with Crippen molar-refractivity contribution in [2.24, 2.45) is 0 Å². The highest BCUT2D eigenvalue weighted by molar-refractivity contribution is 4.73. The van der Waals surface area contributed by atoms with Crippen LogP contribution in [0, 0.1) is 0 Å². The summed E-state index contributed by atoms with van der Waals surface area (Å²) in [5, 5.41) is 17.1. The summed E-state index contributed by atoms with van der Waals surface area (Å²) in [6, 6.07) is 1.29. The Labute approximate surface area is 154 Å². The molecule has 0 bridgehead atoms. The Kier molecular flexibility index (Phi) is 11.0. The van der Waals surface area contributed by atoms with Gasteiger partial charge in [0.1, 0.15) is 0 Å². The largest absolute Gasteiger partial charge is 0.389 e. The number of ether oxygens (including phenoxy) is 2. The molecule has 0 aromatic rings. The van der Waals surface area contributed by atoms with Gasteiger partial charge in [0.2, 0.25) is 0 Å². The number of nitrogens with one attached hydrogen (secondary N) is 2. The Hall–Kier alpha value is -0.200. The highest BCUT2D eigenvalue weighted by Crippen LogP contribution is 2.18. The predicted octanol–water partition coefficient (Wildman–Crippen LogP) is 2.96. The van der Waals surface area contributed by atoms with Crippen molar-refractivity contribution in [2.45, 2.75) is 102 Å². The molecule has 0 aromatic heterocycles. The molecular weight excluding hydrogens is 316 g/mol. The maximum Gasteiger partial charge on any atom is 0.154 e. The second-order valence-electron chi connectivity index (χ2n) is 7.81. The van der Waals surface area contributed by atoms with Gasteiger partial charge in [-0.05, 0) is 45.6 Å². The molecule has 2 unspecified atom stereocenters. The van der Waals surface area contributed by atoms with Crippen molar-refractivity contribution in [2.75, 3.05) is 26.3 Å². The fraction of sp³-hybridized carbons (Fsp3) is 1.00. The van der Waals surface area contributed by atoms with Gasteiger partial charge in [0.15, 0.2) is 6.29 Å². The average Bonchev–Trinajstić information content (AvgIpc) is 2.66. The lowest BCUT2D eigenvalue weighted by molar-refractivity contribution is -0.146. The topological polar surface area (TPSA) is 62.8 Å². The predicted molar refractivity (Wildman–Crippen MR) is 102 cm³/mol. The van der Waals surface area contributed by atoms with Gasteiger partial charge in [-0.3, -0.25) is 0 Å². The molecule has 2 atom stereocenters. The van der Waals surface area contributed by atoms with E-state index in [1.54, 1.807) is 0 Å². The quantitative estimate of drug-likeness (QED) is 0.371. The van der Waals surface area contributed by atoms with Crippen LogP contribution >= 0.6 is 0 Å². The highest BCUT2D eigenvalue weighted by atomic mass is 16.7. The monoisotopic (exact) mass is 356 g/mol. The third kappa shape index (κ3) is 9.90. The maximum absolute atomic E-state index is 10.0. The molecule has 2 aliphatic rings. The fourth-order valence-electron chi connectivity index (χ4n) is 3.90. The van der Waals surface area contributed by atoms with Crippen LogP contribution in [0.2, 0.25) is 0 Å². The third-order valence-electron chi connectivity index (χ3n) is 5.48. The molecule has 2 aliphatic carbocycles. The minimum Gasteiger partial charge on any atom is -0.389 e. The van der Waals surface area contributed by atoms with E-state index in [1.807, 2.05) is 6.92 Å². The molecular formula is C20H40N2O3. The molecule has 0 saturated heterocycles. The summed E-state index contributed by atoms with van der Waals surface area (Å²) in [7, 11) is 0. The fourth-order valence-corrected chi connectivity index (χ4v) is 3.90. The van der Waals surface area contributed by atoms with E-state index in [-0.39, 0.29) is 6.29 Å². The van der Waals surface area contributed by atoms with E-state index in [0.717, 1.165) is 13.0 Å². The van der Waals surface area contributed by atoms with Gasteiger partial charge in [0.05, 0.1) is 19.3 Å². The average molecular weight is 357 g/mol. The van der Waals surface area contributed by atoms with Crippen molar-refractivity contribution in [1.29, 1.82) is 0 Å². The first-order valence-electron chi connectivity index (χ1n) is 10.6. The van der Waals surface area contributed by atoms with Crippen LogP contribution in [0.1, 0.15) is 77.6 Å². The summed E-state index contributed by atoms with van der Waals surface area (Å²) < 4.78 is 11.3. The molecule has 0 heterocycles. The first kappa shape index (κ1) is 21.1. The Morgan fingerprint density at radius 3 is 2.12 bits per heavy atom. The van der Waals surface area contributed by atoms with Crippen molar-refractivity contribution in [3.05, 3.63) is 0 Å². The van der Waals surface area contributed by atoms with E-state index in [2.05, 4.69) is 10.6 Å². The Balaban J connectivity index is 1.40. The van der Waals surface area contributed by atoms with Crippen LogP contribution in [0.3, 0.4) is 0 Å². The van der Waals surface area contributed by atoms with Gasteiger partial charge < -0.3 is 25.2 Å². The summed E-state index contributed by atoms with van der Waals surface area (Å²) in [5.74, 6) is 0. The summed E-state index contributed by atoms with van der Waals surface area (Å²) in [6.45, 7) is 4.59. The zero-order valence-electron chi connectivity index (χ0n) is 16.2. The molecule has 5 heteroatoms. The number of hydrogen-bond acceptors (Lipinski definition) is 5. The molecule has 0 aromatic carbocycles. The van der Waals surface area contributed by atoms with E-state index in [9.17, 15) is 5.11 Å². The van der Waals surface area contributed by atoms with Gasteiger partial charge in [-0.15, -0.1) is 0 Å². The van der Waals surface area contributed by atoms with Crippen molar-refractivity contribution < 1.29 is 14.6 Å². The van der Waals surface area contributed by atoms with Crippen LogP contribution in [-0.2, 0) is 9.47 Å². The summed E-state index contributed by atoms with van der Waals surface area (Å²) in [4.78, 5) is 0. The van der Waals surface area contributed by atoms with E-state index in [4.69, 9.17) is 9.47 Å². The second kappa shape index (κ2) is 13.0. The van der Waals surface area contributed by atoms with Crippen LogP contribution in [-0.4, -0.2) is 55.9 Å². The molecule has 2 rings (SSSR count). The molecule has 5 nitrogen and oxygen atoms in total. The molecule has 0 aliphatic heterocycles. The number of hydrogen-bond donors (Lipinski definition) is 3. The lowest BCUT2D eigenvalue weighted by Crippen LogP contribution is -2.39. The van der Waals surface area contributed by atoms with Crippen LogP contribution in [0.15, 0.2) is 0 Å². The lowest BCUT2D eigenvalue weighted by atomic mass is 9.95. The standard InChI is InChI=1S/C20H40N2O3/c1-17(24-14-8-13-21-18-9-4-2-5-10-18)25-16-20(23)15-22-19-11-6-3-7-12-19/h17-23H,2-16H2,1H3. The van der Waals surface area contributed by atoms with Crippen LogP contribution in [0.25, 0.3) is 0 Å². The summed E-state index contributed by atoms with van der Waals surface area (Å²) in [5.41, 5.74) is 0. The number of rotatable bonds is 12. The van der Waals surface area contributed by atoms with Crippen molar-refractivity contribution in [3.8, 4) is 0 Å². The van der Waals surface area contributed by atoms with Gasteiger partial charge >= 0.3 is 0 Å². The van der Waals surface area contributed by atoms with Crippen LogP contribution in [0.5, 0.6) is 0 Å². The molecule has 0 amide bonds. The molecule has 2 saturated carbocycles. The normalized spacial score (nSPS) is 22.8. The SMILES string of the molecule is CC(OCCCNC1CCCCC1)OCC(O)CNC1CCCCC1. The number of aliphatic hydroxyl groups excluding tert-OH is 1. The third-order valence-corrected chi connectivity index (χ3v) is 5.48. The van der Waals surface area contributed by atoms with Crippen LogP contribution < -0.4 is 10.6 Å². The highest BCUT2D eigenvalue weighted by Gasteiger charge is 2.15. The van der Waals surface area contributed by atoms with Gasteiger partial charge in [-0.2, -0.15) is 0 Å². The maximum atomic E-state index is 10.0. The van der Waals surface area contributed by atoms with Gasteiger partial charge in [0.25, 0.3) is 0 Å². The molecule has 25 heavy (non-hydrogen) atoms. The number of aliphatic hydroxyl groups is 1. The summed E-state index contributed by atoms with van der Waals surface area (Å²) in [6.07, 6.45) is 13.6. The van der Waals surface area contributed by atoms with Gasteiger partial charge in [-0.25, -0.2) is 0 Å². The van der Waals surface area contributed by atoms with E-state index < -0.39 is 6.10 Å². The first-order chi connectivity index (χ1) is 12.2. The molecule has 3 N–H and O–H groups in total. The second-order valence-corrected chi connectivity index (χ2v) is 7.81. The first-order valence-corrected chi connectivity index (χ1v) is 10.6. The Morgan fingerprint density at radius 1 is 0.880 bits per heavy atom.